The van der Waals surface area contributed by atoms with Gasteiger partial charge in [0.05, 0.1) is 24.0 Å². The third-order valence-electron chi connectivity index (χ3n) is 3.22. The molecule has 1 aromatic carbocycles. The second-order valence-electron chi connectivity index (χ2n) is 4.66. The number of azo groups is 1. The average molecular weight is 302 g/mol. The third kappa shape index (κ3) is 3.46. The summed E-state index contributed by atoms with van der Waals surface area (Å²) < 4.78 is 1.34. The molecule has 0 fully saturated rings. The Morgan fingerprint density at radius 1 is 1.23 bits per heavy atom. The summed E-state index contributed by atoms with van der Waals surface area (Å²) in [5.74, 6) is -0.300. The summed E-state index contributed by atoms with van der Waals surface area (Å²) in [4.78, 5) is 12.5. The summed E-state index contributed by atoms with van der Waals surface area (Å²) in [5, 5.41) is 22.5. The molecule has 8 heteroatoms. The lowest BCUT2D eigenvalue weighted by molar-refractivity contribution is -0.389. The van der Waals surface area contributed by atoms with Crippen LogP contribution in [0.1, 0.15) is 13.8 Å². The second kappa shape index (κ2) is 6.79. The Morgan fingerprint density at radius 3 is 2.41 bits per heavy atom. The van der Waals surface area contributed by atoms with E-state index in [2.05, 4.69) is 34.1 Å². The third-order valence-corrected chi connectivity index (χ3v) is 3.22. The van der Waals surface area contributed by atoms with Crippen LogP contribution in [0.2, 0.25) is 0 Å². The van der Waals surface area contributed by atoms with E-state index >= 15 is 0 Å². The van der Waals surface area contributed by atoms with Crippen LogP contribution in [-0.2, 0) is 7.05 Å². The summed E-state index contributed by atoms with van der Waals surface area (Å²) in [5.41, 5.74) is 1.88. The molecule has 8 nitrogen and oxygen atoms in total. The van der Waals surface area contributed by atoms with E-state index in [9.17, 15) is 10.1 Å². The van der Waals surface area contributed by atoms with E-state index in [0.29, 0.717) is 5.69 Å². The van der Waals surface area contributed by atoms with Crippen LogP contribution in [0.5, 0.6) is 0 Å². The maximum atomic E-state index is 10.9. The van der Waals surface area contributed by atoms with Crippen molar-refractivity contribution in [3.63, 3.8) is 0 Å². The van der Waals surface area contributed by atoms with Crippen LogP contribution >= 0.6 is 0 Å². The first-order chi connectivity index (χ1) is 10.5. The van der Waals surface area contributed by atoms with E-state index in [-0.39, 0.29) is 11.5 Å². The minimum atomic E-state index is -0.572. The van der Waals surface area contributed by atoms with E-state index in [1.54, 1.807) is 7.05 Å². The summed E-state index contributed by atoms with van der Waals surface area (Å²) in [6.07, 6.45) is 1.46. The fourth-order valence-electron chi connectivity index (χ4n) is 2.10. The number of aryl methyl sites for hydroxylation is 1. The maximum Gasteiger partial charge on any atom is 0.417 e. The van der Waals surface area contributed by atoms with Crippen molar-refractivity contribution in [2.24, 2.45) is 17.3 Å². The van der Waals surface area contributed by atoms with E-state index in [1.165, 1.54) is 10.9 Å². The molecule has 0 bridgehead atoms. The minimum absolute atomic E-state index is 0.139. The number of aromatic nitrogens is 2. The van der Waals surface area contributed by atoms with Crippen LogP contribution in [0.4, 0.5) is 22.9 Å². The van der Waals surface area contributed by atoms with Crippen LogP contribution in [0, 0.1) is 10.1 Å². The number of benzene rings is 1. The molecule has 1 aromatic heterocycles. The van der Waals surface area contributed by atoms with Gasteiger partial charge in [0.2, 0.25) is 5.69 Å². The lowest BCUT2D eigenvalue weighted by atomic mass is 10.2. The zero-order valence-corrected chi connectivity index (χ0v) is 12.8. The zero-order chi connectivity index (χ0) is 16.1. The van der Waals surface area contributed by atoms with Crippen molar-refractivity contribution in [2.75, 3.05) is 18.0 Å². The van der Waals surface area contributed by atoms with Gasteiger partial charge in [-0.1, -0.05) is 0 Å². The summed E-state index contributed by atoms with van der Waals surface area (Å²) in [7, 11) is 1.60. The molecular weight excluding hydrogens is 284 g/mol. The molecule has 0 spiro atoms. The number of hydrogen-bond donors (Lipinski definition) is 0. The minimum Gasteiger partial charge on any atom is -0.372 e. The molecule has 0 atom stereocenters. The second-order valence-corrected chi connectivity index (χ2v) is 4.66. The van der Waals surface area contributed by atoms with Gasteiger partial charge in [0.15, 0.2) is 0 Å². The number of hydrogen-bond acceptors (Lipinski definition) is 6. The van der Waals surface area contributed by atoms with Gasteiger partial charge in [0, 0.05) is 18.8 Å². The summed E-state index contributed by atoms with van der Waals surface area (Å²) in [6.45, 7) is 6.05. The highest BCUT2D eigenvalue weighted by Gasteiger charge is 2.19. The van der Waals surface area contributed by atoms with Crippen LogP contribution in [0.15, 0.2) is 40.7 Å². The van der Waals surface area contributed by atoms with Gasteiger partial charge in [0.25, 0.3) is 0 Å². The van der Waals surface area contributed by atoms with Gasteiger partial charge in [0.1, 0.15) is 0 Å². The molecule has 0 aliphatic carbocycles. The molecule has 2 aromatic rings. The molecule has 0 aliphatic heterocycles. The number of nitrogens with zero attached hydrogens (tertiary/aromatic N) is 6. The van der Waals surface area contributed by atoms with Gasteiger partial charge in [-0.05, 0) is 43.0 Å². The molecule has 0 saturated carbocycles. The highest BCUT2D eigenvalue weighted by Crippen LogP contribution is 2.27. The maximum absolute atomic E-state index is 10.9. The van der Waals surface area contributed by atoms with Crippen molar-refractivity contribution in [1.82, 2.24) is 9.78 Å². The average Bonchev–Trinajstić information content (AvgIpc) is 2.89. The zero-order valence-electron chi connectivity index (χ0n) is 12.8. The highest BCUT2D eigenvalue weighted by atomic mass is 16.6. The SMILES string of the molecule is CCN(CC)c1ccc(N=Nc2cn(C)nc2[N+](=O)[O-])cc1. The largest absolute Gasteiger partial charge is 0.417 e. The predicted molar refractivity (Wildman–Crippen MR) is 84.0 cm³/mol. The Kier molecular flexibility index (Phi) is 4.82. The Labute approximate surface area is 128 Å². The normalized spacial score (nSPS) is 11.0. The number of anilines is 1. The van der Waals surface area contributed by atoms with Crippen LogP contribution in [0.3, 0.4) is 0 Å². The Hall–Kier alpha value is -2.77. The van der Waals surface area contributed by atoms with Crippen molar-refractivity contribution in [2.45, 2.75) is 13.8 Å². The van der Waals surface area contributed by atoms with Gasteiger partial charge in [-0.25, -0.2) is 0 Å². The van der Waals surface area contributed by atoms with E-state index in [4.69, 9.17) is 0 Å². The molecule has 0 radical (unpaired) electrons. The first-order valence-corrected chi connectivity index (χ1v) is 7.00. The standard InChI is InChI=1S/C14H18N6O2/c1-4-19(5-2)12-8-6-11(7-9-12)15-16-13-10-18(3)17-14(13)20(21)22/h6-10H,4-5H2,1-3H3. The predicted octanol–water partition coefficient (Wildman–Crippen LogP) is 3.59. The van der Waals surface area contributed by atoms with Crippen molar-refractivity contribution >= 4 is 22.9 Å². The van der Waals surface area contributed by atoms with E-state index < -0.39 is 4.92 Å². The monoisotopic (exact) mass is 302 g/mol. The molecule has 2 rings (SSSR count). The fourth-order valence-corrected chi connectivity index (χ4v) is 2.10. The molecule has 116 valence electrons. The van der Waals surface area contributed by atoms with Crippen LogP contribution in [0.25, 0.3) is 0 Å². The van der Waals surface area contributed by atoms with Crippen molar-refractivity contribution in [1.29, 1.82) is 0 Å². The molecule has 0 aliphatic rings. The lowest BCUT2D eigenvalue weighted by Gasteiger charge is -2.20. The van der Waals surface area contributed by atoms with Gasteiger partial charge in [-0.2, -0.15) is 9.80 Å². The van der Waals surface area contributed by atoms with Crippen molar-refractivity contribution < 1.29 is 4.92 Å². The summed E-state index contributed by atoms with van der Waals surface area (Å²) in [6, 6.07) is 7.58. The van der Waals surface area contributed by atoms with E-state index in [1.807, 2.05) is 24.3 Å². The molecule has 0 unspecified atom stereocenters. The van der Waals surface area contributed by atoms with Gasteiger partial charge in [-0.15, -0.1) is 5.11 Å². The van der Waals surface area contributed by atoms with Crippen molar-refractivity contribution in [3.05, 3.63) is 40.6 Å². The van der Waals surface area contributed by atoms with Crippen LogP contribution in [-0.4, -0.2) is 27.8 Å². The number of nitro groups is 1. The Bertz CT molecular complexity index is 673. The number of rotatable bonds is 6. The summed E-state index contributed by atoms with van der Waals surface area (Å²) >= 11 is 0. The topological polar surface area (TPSA) is 88.9 Å². The molecule has 0 saturated heterocycles. The van der Waals surface area contributed by atoms with Gasteiger partial charge < -0.3 is 15.0 Å². The fraction of sp³-hybridized carbons (Fsp3) is 0.357. The Morgan fingerprint density at radius 2 is 1.86 bits per heavy atom. The highest BCUT2D eigenvalue weighted by molar-refractivity contribution is 5.54. The molecule has 0 N–H and O–H groups in total. The first-order valence-electron chi connectivity index (χ1n) is 7.00. The first kappa shape index (κ1) is 15.6. The molecule has 0 amide bonds. The lowest BCUT2D eigenvalue weighted by Crippen LogP contribution is -2.21. The van der Waals surface area contributed by atoms with Crippen molar-refractivity contribution in [3.8, 4) is 0 Å². The van der Waals surface area contributed by atoms with Gasteiger partial charge >= 0.3 is 5.82 Å². The Balaban J connectivity index is 2.19. The molecular formula is C14H18N6O2. The van der Waals surface area contributed by atoms with E-state index in [0.717, 1.165) is 18.8 Å². The quantitative estimate of drug-likeness (QED) is 0.463. The van der Waals surface area contributed by atoms with Gasteiger partial charge in [-0.3, -0.25) is 0 Å². The molecule has 1 heterocycles. The smallest absolute Gasteiger partial charge is 0.372 e. The molecule has 22 heavy (non-hydrogen) atoms. The van der Waals surface area contributed by atoms with Crippen LogP contribution < -0.4 is 4.90 Å².